The molecule has 0 fully saturated rings. The molecule has 3 aromatic carbocycles. The van der Waals surface area contributed by atoms with Crippen molar-refractivity contribution in [2.75, 3.05) is 5.32 Å². The fourth-order valence-corrected chi connectivity index (χ4v) is 3.88. The molecule has 138 valence electrons. The number of hydrogen-bond acceptors (Lipinski definition) is 2. The van der Waals surface area contributed by atoms with Gasteiger partial charge in [-0.2, -0.15) is 0 Å². The van der Waals surface area contributed by atoms with E-state index in [1.54, 1.807) is 0 Å². The molecule has 1 aliphatic rings. The summed E-state index contributed by atoms with van der Waals surface area (Å²) in [5.74, 6) is 1.03. The summed E-state index contributed by atoms with van der Waals surface area (Å²) < 4.78 is 2.24. The zero-order chi connectivity index (χ0) is 18.9. The summed E-state index contributed by atoms with van der Waals surface area (Å²) >= 11 is 0. The van der Waals surface area contributed by atoms with Crippen molar-refractivity contribution in [1.29, 1.82) is 0 Å². The van der Waals surface area contributed by atoms with Crippen molar-refractivity contribution < 1.29 is 4.79 Å². The maximum Gasteiger partial charge on any atom is 0.255 e. The number of anilines is 1. The molecule has 4 nitrogen and oxygen atoms in total. The lowest BCUT2D eigenvalue weighted by molar-refractivity contribution is 0.102. The molecule has 0 bridgehead atoms. The van der Waals surface area contributed by atoms with E-state index in [0.29, 0.717) is 5.56 Å². The van der Waals surface area contributed by atoms with Crippen LogP contribution in [0.15, 0.2) is 72.9 Å². The Hall–Kier alpha value is -3.40. The Balaban J connectivity index is 1.46. The van der Waals surface area contributed by atoms with E-state index in [2.05, 4.69) is 16.1 Å². The lowest BCUT2D eigenvalue weighted by Crippen LogP contribution is -2.12. The third-order valence-corrected chi connectivity index (χ3v) is 5.37. The lowest BCUT2D eigenvalue weighted by Gasteiger charge is -2.11. The molecule has 0 radical (unpaired) electrons. The molecule has 0 spiro atoms. The van der Waals surface area contributed by atoms with Gasteiger partial charge in [-0.1, -0.05) is 48.5 Å². The third-order valence-electron chi connectivity index (χ3n) is 5.37. The van der Waals surface area contributed by atoms with Gasteiger partial charge in [-0.05, 0) is 41.8 Å². The van der Waals surface area contributed by atoms with E-state index in [1.807, 2.05) is 66.7 Å². The van der Waals surface area contributed by atoms with Gasteiger partial charge in [0.2, 0.25) is 0 Å². The van der Waals surface area contributed by atoms with Gasteiger partial charge in [0.1, 0.15) is 5.82 Å². The summed E-state index contributed by atoms with van der Waals surface area (Å²) in [5, 5.41) is 5.27. The molecule has 0 saturated heterocycles. The normalized spacial score (nSPS) is 13.3. The number of nitrogens with zero attached hydrogens (tertiary/aromatic N) is 2. The molecular formula is C24H21N3O. The molecular weight excluding hydrogens is 346 g/mol. The van der Waals surface area contributed by atoms with Crippen LogP contribution >= 0.6 is 0 Å². The minimum Gasteiger partial charge on any atom is -0.334 e. The number of rotatable bonds is 3. The molecule has 1 N–H and O–H groups in total. The van der Waals surface area contributed by atoms with Gasteiger partial charge in [0, 0.05) is 30.3 Å². The molecule has 4 heteroatoms. The molecule has 0 unspecified atom stereocenters. The van der Waals surface area contributed by atoms with Crippen molar-refractivity contribution in [3.8, 4) is 11.3 Å². The standard InChI is InChI=1S/C24H21N3O/c28-24(19-13-12-17-7-1-2-8-18(17)15-19)26-21-10-4-3-9-20(21)22-16-27-14-6-5-11-23(27)25-22/h1-4,7-10,12-13,15-16H,5-6,11,14H2,(H,26,28). The van der Waals surface area contributed by atoms with Crippen LogP contribution in [0.4, 0.5) is 5.69 Å². The number of aromatic nitrogens is 2. The lowest BCUT2D eigenvalue weighted by atomic mass is 10.1. The van der Waals surface area contributed by atoms with Gasteiger partial charge in [-0.25, -0.2) is 4.98 Å². The van der Waals surface area contributed by atoms with E-state index in [9.17, 15) is 4.79 Å². The van der Waals surface area contributed by atoms with Gasteiger partial charge in [0.05, 0.1) is 11.4 Å². The van der Waals surface area contributed by atoms with E-state index in [0.717, 1.165) is 46.5 Å². The zero-order valence-corrected chi connectivity index (χ0v) is 15.6. The number of aryl methyl sites for hydroxylation is 2. The van der Waals surface area contributed by atoms with Crippen LogP contribution in [-0.4, -0.2) is 15.5 Å². The first-order valence-electron chi connectivity index (χ1n) is 9.73. The van der Waals surface area contributed by atoms with E-state index in [4.69, 9.17) is 4.98 Å². The van der Waals surface area contributed by atoms with Crippen LogP contribution in [-0.2, 0) is 13.0 Å². The Kier molecular flexibility index (Phi) is 4.17. The minimum absolute atomic E-state index is 0.109. The Morgan fingerprint density at radius 2 is 1.75 bits per heavy atom. The largest absolute Gasteiger partial charge is 0.334 e. The maximum absolute atomic E-state index is 12.9. The maximum atomic E-state index is 12.9. The number of carbonyl (C=O) groups excluding carboxylic acids is 1. The van der Waals surface area contributed by atoms with Crippen LogP contribution in [0.1, 0.15) is 29.0 Å². The number of nitrogens with one attached hydrogen (secondary N) is 1. The van der Waals surface area contributed by atoms with Gasteiger partial charge in [-0.15, -0.1) is 0 Å². The van der Waals surface area contributed by atoms with Crippen LogP contribution in [0.3, 0.4) is 0 Å². The Morgan fingerprint density at radius 1 is 0.929 bits per heavy atom. The number of hydrogen-bond donors (Lipinski definition) is 1. The molecule has 5 rings (SSSR count). The van der Waals surface area contributed by atoms with Crippen LogP contribution in [0.25, 0.3) is 22.0 Å². The van der Waals surface area contributed by atoms with Crippen molar-refractivity contribution in [3.05, 3.63) is 84.3 Å². The van der Waals surface area contributed by atoms with Crippen molar-refractivity contribution in [3.63, 3.8) is 0 Å². The van der Waals surface area contributed by atoms with Crippen LogP contribution in [0.2, 0.25) is 0 Å². The molecule has 1 aliphatic heterocycles. The topological polar surface area (TPSA) is 46.9 Å². The summed E-state index contributed by atoms with van der Waals surface area (Å²) in [6.45, 7) is 1.02. The fraction of sp³-hybridized carbons (Fsp3) is 0.167. The molecule has 2 heterocycles. The second-order valence-electron chi connectivity index (χ2n) is 7.25. The second kappa shape index (κ2) is 6.97. The monoisotopic (exact) mass is 367 g/mol. The summed E-state index contributed by atoms with van der Waals surface area (Å²) in [6.07, 6.45) is 5.51. The molecule has 0 saturated carbocycles. The number of amides is 1. The highest BCUT2D eigenvalue weighted by atomic mass is 16.1. The predicted octanol–water partition coefficient (Wildman–Crippen LogP) is 5.29. The molecule has 28 heavy (non-hydrogen) atoms. The van der Waals surface area contributed by atoms with E-state index < -0.39 is 0 Å². The van der Waals surface area contributed by atoms with Gasteiger partial charge < -0.3 is 9.88 Å². The van der Waals surface area contributed by atoms with Crippen LogP contribution in [0, 0.1) is 0 Å². The number of benzene rings is 3. The van der Waals surface area contributed by atoms with Gasteiger partial charge in [0.25, 0.3) is 5.91 Å². The zero-order valence-electron chi connectivity index (χ0n) is 15.6. The van der Waals surface area contributed by atoms with Crippen molar-refractivity contribution in [1.82, 2.24) is 9.55 Å². The van der Waals surface area contributed by atoms with Gasteiger partial charge >= 0.3 is 0 Å². The second-order valence-corrected chi connectivity index (χ2v) is 7.25. The Labute approximate surface area is 163 Å². The summed E-state index contributed by atoms with van der Waals surface area (Å²) in [4.78, 5) is 17.7. The van der Waals surface area contributed by atoms with Gasteiger partial charge in [-0.3, -0.25) is 4.79 Å². The quantitative estimate of drug-likeness (QED) is 0.535. The summed E-state index contributed by atoms with van der Waals surface area (Å²) in [7, 11) is 0. The predicted molar refractivity (Wildman–Crippen MR) is 113 cm³/mol. The number of fused-ring (bicyclic) bond motifs is 2. The van der Waals surface area contributed by atoms with Crippen molar-refractivity contribution >= 4 is 22.4 Å². The Morgan fingerprint density at radius 3 is 2.64 bits per heavy atom. The Bertz CT molecular complexity index is 1150. The molecule has 1 amide bonds. The van der Waals surface area contributed by atoms with Crippen molar-refractivity contribution in [2.45, 2.75) is 25.8 Å². The minimum atomic E-state index is -0.109. The first-order chi connectivity index (χ1) is 13.8. The van der Waals surface area contributed by atoms with E-state index in [1.165, 1.54) is 12.8 Å². The molecule has 4 aromatic rings. The molecule has 0 atom stereocenters. The van der Waals surface area contributed by atoms with Crippen molar-refractivity contribution in [2.24, 2.45) is 0 Å². The first kappa shape index (κ1) is 16.8. The van der Waals surface area contributed by atoms with Gasteiger partial charge in [0.15, 0.2) is 0 Å². The average molecular weight is 367 g/mol. The molecule has 0 aliphatic carbocycles. The van der Waals surface area contributed by atoms with Crippen LogP contribution in [0.5, 0.6) is 0 Å². The number of carbonyl (C=O) groups is 1. The number of imidazole rings is 1. The fourth-order valence-electron chi connectivity index (χ4n) is 3.88. The highest BCUT2D eigenvalue weighted by Gasteiger charge is 2.16. The average Bonchev–Trinajstić information content (AvgIpc) is 3.18. The molecule has 1 aromatic heterocycles. The summed E-state index contributed by atoms with van der Waals surface area (Å²) in [5.41, 5.74) is 3.32. The third kappa shape index (κ3) is 3.07. The smallest absolute Gasteiger partial charge is 0.255 e. The summed E-state index contributed by atoms with van der Waals surface area (Å²) in [6, 6.07) is 21.7. The van der Waals surface area contributed by atoms with Crippen LogP contribution < -0.4 is 5.32 Å². The SMILES string of the molecule is O=C(Nc1ccccc1-c1cn2c(n1)CCCC2)c1ccc2ccccc2c1. The first-order valence-corrected chi connectivity index (χ1v) is 9.73. The van der Waals surface area contributed by atoms with E-state index >= 15 is 0 Å². The highest BCUT2D eigenvalue weighted by Crippen LogP contribution is 2.29. The number of para-hydroxylation sites is 1. The highest BCUT2D eigenvalue weighted by molar-refractivity contribution is 6.08. The van der Waals surface area contributed by atoms with E-state index in [-0.39, 0.29) is 5.91 Å².